The van der Waals surface area contributed by atoms with Crippen LogP contribution in [0.5, 0.6) is 0 Å². The molecule has 1 fully saturated rings. The molecule has 1 atom stereocenters. The standard InChI is InChI=1S/C9H16F3N/c1-8(2,3)13-6-4-5-7(13)9(10,11)12/h7H,4-6H2,1-3H3/t7-/m1/s1. The van der Waals surface area contributed by atoms with Crippen LogP contribution in [0.1, 0.15) is 33.6 Å². The molecular formula is C9H16F3N. The summed E-state index contributed by atoms with van der Waals surface area (Å²) in [5.74, 6) is 0. The third kappa shape index (κ3) is 2.36. The average molecular weight is 195 g/mol. The van der Waals surface area contributed by atoms with Gasteiger partial charge < -0.3 is 0 Å². The van der Waals surface area contributed by atoms with Crippen LogP contribution in [0.25, 0.3) is 0 Å². The quantitative estimate of drug-likeness (QED) is 0.574. The fourth-order valence-electron chi connectivity index (χ4n) is 1.91. The Morgan fingerprint density at radius 2 is 1.69 bits per heavy atom. The molecule has 0 aromatic carbocycles. The van der Waals surface area contributed by atoms with E-state index in [1.165, 1.54) is 0 Å². The second kappa shape index (κ2) is 3.15. The number of hydrogen-bond donors (Lipinski definition) is 0. The normalized spacial score (nSPS) is 26.8. The highest BCUT2D eigenvalue weighted by atomic mass is 19.4. The molecule has 0 spiro atoms. The van der Waals surface area contributed by atoms with Gasteiger partial charge in [-0.2, -0.15) is 13.2 Å². The van der Waals surface area contributed by atoms with Gasteiger partial charge in [-0.3, -0.25) is 4.90 Å². The summed E-state index contributed by atoms with van der Waals surface area (Å²) in [5.41, 5.74) is -0.378. The van der Waals surface area contributed by atoms with Crippen molar-refractivity contribution in [3.63, 3.8) is 0 Å². The molecule has 13 heavy (non-hydrogen) atoms. The van der Waals surface area contributed by atoms with Gasteiger partial charge >= 0.3 is 6.18 Å². The van der Waals surface area contributed by atoms with Crippen molar-refractivity contribution in [2.75, 3.05) is 6.54 Å². The van der Waals surface area contributed by atoms with E-state index in [9.17, 15) is 13.2 Å². The van der Waals surface area contributed by atoms with Crippen LogP contribution in [0.4, 0.5) is 13.2 Å². The molecule has 1 nitrogen and oxygen atoms in total. The van der Waals surface area contributed by atoms with Crippen molar-refractivity contribution in [2.45, 2.75) is 51.4 Å². The van der Waals surface area contributed by atoms with Crippen molar-refractivity contribution >= 4 is 0 Å². The van der Waals surface area contributed by atoms with Crippen LogP contribution in [0, 0.1) is 0 Å². The zero-order valence-electron chi connectivity index (χ0n) is 8.28. The lowest BCUT2D eigenvalue weighted by Gasteiger charge is -2.37. The zero-order valence-corrected chi connectivity index (χ0v) is 8.28. The number of halogens is 3. The maximum Gasteiger partial charge on any atom is 0.404 e. The second-order valence-corrected chi connectivity index (χ2v) is 4.56. The highest BCUT2D eigenvalue weighted by molar-refractivity contribution is 4.91. The van der Waals surface area contributed by atoms with Crippen LogP contribution in [-0.4, -0.2) is 29.2 Å². The Bertz CT molecular complexity index is 160. The molecule has 1 heterocycles. The zero-order chi connectivity index (χ0) is 10.3. The first kappa shape index (κ1) is 10.8. The minimum atomic E-state index is -4.07. The summed E-state index contributed by atoms with van der Waals surface area (Å²) in [5, 5.41) is 0. The first-order valence-electron chi connectivity index (χ1n) is 4.56. The van der Waals surface area contributed by atoms with Gasteiger partial charge in [-0.05, 0) is 40.2 Å². The molecular weight excluding hydrogens is 179 g/mol. The van der Waals surface area contributed by atoms with E-state index in [4.69, 9.17) is 0 Å². The Hall–Kier alpha value is -0.250. The third-order valence-corrected chi connectivity index (χ3v) is 2.49. The van der Waals surface area contributed by atoms with E-state index in [0.29, 0.717) is 13.0 Å². The van der Waals surface area contributed by atoms with Crippen LogP contribution in [0.3, 0.4) is 0 Å². The van der Waals surface area contributed by atoms with Crippen molar-refractivity contribution in [1.82, 2.24) is 4.90 Å². The topological polar surface area (TPSA) is 3.24 Å². The number of likely N-dealkylation sites (tertiary alicyclic amines) is 1. The number of alkyl halides is 3. The molecule has 0 N–H and O–H groups in total. The summed E-state index contributed by atoms with van der Waals surface area (Å²) in [6.45, 7) is 6.05. The lowest BCUT2D eigenvalue weighted by molar-refractivity contribution is -0.186. The Labute approximate surface area is 76.9 Å². The maximum absolute atomic E-state index is 12.5. The minimum Gasteiger partial charge on any atom is -0.287 e. The van der Waals surface area contributed by atoms with E-state index in [1.807, 2.05) is 20.8 Å². The summed E-state index contributed by atoms with van der Waals surface area (Å²) in [6.07, 6.45) is -3.16. The molecule has 1 aliphatic rings. The summed E-state index contributed by atoms with van der Waals surface area (Å²) in [4.78, 5) is 1.55. The Morgan fingerprint density at radius 1 is 1.15 bits per heavy atom. The van der Waals surface area contributed by atoms with E-state index in [0.717, 1.165) is 0 Å². The van der Waals surface area contributed by atoms with Crippen molar-refractivity contribution in [1.29, 1.82) is 0 Å². The van der Waals surface area contributed by atoms with Gasteiger partial charge in [0, 0.05) is 5.54 Å². The second-order valence-electron chi connectivity index (χ2n) is 4.56. The molecule has 0 aliphatic carbocycles. The molecule has 78 valence electrons. The van der Waals surface area contributed by atoms with E-state index >= 15 is 0 Å². The van der Waals surface area contributed by atoms with Gasteiger partial charge in [0.05, 0.1) is 0 Å². The predicted molar refractivity (Wildman–Crippen MR) is 45.5 cm³/mol. The van der Waals surface area contributed by atoms with Crippen LogP contribution in [0.2, 0.25) is 0 Å². The van der Waals surface area contributed by atoms with Gasteiger partial charge in [-0.15, -0.1) is 0 Å². The first-order valence-corrected chi connectivity index (χ1v) is 4.56. The Morgan fingerprint density at radius 3 is 2.00 bits per heavy atom. The molecule has 4 heteroatoms. The fourth-order valence-corrected chi connectivity index (χ4v) is 1.91. The SMILES string of the molecule is CC(C)(C)N1CCC[C@@H]1C(F)(F)F. The van der Waals surface area contributed by atoms with Gasteiger partial charge in [0.25, 0.3) is 0 Å². The smallest absolute Gasteiger partial charge is 0.287 e. The molecule has 0 amide bonds. The molecule has 1 rings (SSSR count). The predicted octanol–water partition coefficient (Wildman–Crippen LogP) is 2.81. The van der Waals surface area contributed by atoms with Crippen LogP contribution >= 0.6 is 0 Å². The maximum atomic E-state index is 12.5. The van der Waals surface area contributed by atoms with Gasteiger partial charge in [0.15, 0.2) is 0 Å². The largest absolute Gasteiger partial charge is 0.404 e. The number of rotatable bonds is 0. The van der Waals surface area contributed by atoms with Gasteiger partial charge in [0.2, 0.25) is 0 Å². The molecule has 0 bridgehead atoms. The summed E-state index contributed by atoms with van der Waals surface area (Å²) < 4.78 is 37.5. The molecule has 0 radical (unpaired) electrons. The monoisotopic (exact) mass is 195 g/mol. The summed E-state index contributed by atoms with van der Waals surface area (Å²) in [7, 11) is 0. The van der Waals surface area contributed by atoms with Crippen molar-refractivity contribution < 1.29 is 13.2 Å². The van der Waals surface area contributed by atoms with E-state index in [2.05, 4.69) is 0 Å². The van der Waals surface area contributed by atoms with Crippen LogP contribution < -0.4 is 0 Å². The Balaban J connectivity index is 2.76. The number of hydrogen-bond acceptors (Lipinski definition) is 1. The lowest BCUT2D eigenvalue weighted by Crippen LogP contribution is -2.50. The molecule has 0 aromatic heterocycles. The summed E-state index contributed by atoms with van der Waals surface area (Å²) in [6, 6.07) is -1.23. The minimum absolute atomic E-state index is 0.251. The van der Waals surface area contributed by atoms with Gasteiger partial charge in [-0.1, -0.05) is 0 Å². The highest BCUT2D eigenvalue weighted by Crippen LogP contribution is 2.36. The summed E-state index contributed by atoms with van der Waals surface area (Å²) >= 11 is 0. The van der Waals surface area contributed by atoms with Crippen molar-refractivity contribution in [3.05, 3.63) is 0 Å². The highest BCUT2D eigenvalue weighted by Gasteiger charge is 2.48. The lowest BCUT2D eigenvalue weighted by atomic mass is 10.0. The molecule has 1 aliphatic heterocycles. The molecule has 0 saturated carbocycles. The van der Waals surface area contributed by atoms with E-state index < -0.39 is 12.2 Å². The molecule has 0 unspecified atom stereocenters. The number of nitrogens with zero attached hydrogens (tertiary/aromatic N) is 1. The van der Waals surface area contributed by atoms with Crippen molar-refractivity contribution in [3.8, 4) is 0 Å². The van der Waals surface area contributed by atoms with Crippen LogP contribution in [0.15, 0.2) is 0 Å². The molecule has 1 saturated heterocycles. The van der Waals surface area contributed by atoms with Gasteiger partial charge in [0.1, 0.15) is 6.04 Å². The fraction of sp³-hybridized carbons (Fsp3) is 1.00. The molecule has 0 aromatic rings. The first-order chi connectivity index (χ1) is 5.73. The van der Waals surface area contributed by atoms with Gasteiger partial charge in [-0.25, -0.2) is 0 Å². The van der Waals surface area contributed by atoms with Crippen molar-refractivity contribution in [2.24, 2.45) is 0 Å². The third-order valence-electron chi connectivity index (χ3n) is 2.49. The average Bonchev–Trinajstić information content (AvgIpc) is 2.27. The Kier molecular flexibility index (Phi) is 2.63. The van der Waals surface area contributed by atoms with E-state index in [1.54, 1.807) is 4.90 Å². The van der Waals surface area contributed by atoms with E-state index in [-0.39, 0.29) is 12.0 Å². The van der Waals surface area contributed by atoms with Crippen LogP contribution in [-0.2, 0) is 0 Å².